The molecule has 8 heteroatoms. The Morgan fingerprint density at radius 2 is 1.88 bits per heavy atom. The Morgan fingerprint density at radius 1 is 1.24 bits per heavy atom. The molecule has 25 heavy (non-hydrogen) atoms. The summed E-state index contributed by atoms with van der Waals surface area (Å²) in [6.07, 6.45) is 5.12. The van der Waals surface area contributed by atoms with E-state index in [-0.39, 0.29) is 22.4 Å². The van der Waals surface area contributed by atoms with Crippen LogP contribution >= 0.6 is 0 Å². The van der Waals surface area contributed by atoms with Crippen molar-refractivity contribution in [3.8, 4) is 6.07 Å². The van der Waals surface area contributed by atoms with Crippen molar-refractivity contribution in [2.24, 2.45) is 0 Å². The van der Waals surface area contributed by atoms with E-state index in [1.54, 1.807) is 0 Å². The average Bonchev–Trinajstić information content (AvgIpc) is 3.06. The maximum atomic E-state index is 13.0. The van der Waals surface area contributed by atoms with Crippen LogP contribution in [0.3, 0.4) is 0 Å². The predicted molar refractivity (Wildman–Crippen MR) is 89.0 cm³/mol. The van der Waals surface area contributed by atoms with Gasteiger partial charge in [0.2, 0.25) is 17.5 Å². The maximum Gasteiger partial charge on any atom is 0.266 e. The van der Waals surface area contributed by atoms with E-state index in [1.165, 1.54) is 19.2 Å². The van der Waals surface area contributed by atoms with E-state index < -0.39 is 15.8 Å². The molecule has 1 heterocycles. The van der Waals surface area contributed by atoms with Gasteiger partial charge in [0.05, 0.1) is 4.90 Å². The summed E-state index contributed by atoms with van der Waals surface area (Å²) in [5.74, 6) is -0.116. The van der Waals surface area contributed by atoms with Crippen molar-refractivity contribution in [3.05, 3.63) is 41.7 Å². The smallest absolute Gasteiger partial charge is 0.266 e. The minimum atomic E-state index is -3.98. The first-order chi connectivity index (χ1) is 11.9. The van der Waals surface area contributed by atoms with Crippen LogP contribution in [0.2, 0.25) is 0 Å². The zero-order valence-electron chi connectivity index (χ0n) is 13.8. The van der Waals surface area contributed by atoms with E-state index in [1.807, 2.05) is 6.07 Å². The second kappa shape index (κ2) is 6.84. The quantitative estimate of drug-likeness (QED) is 0.829. The fourth-order valence-corrected chi connectivity index (χ4v) is 4.15. The molecule has 1 aromatic carbocycles. The van der Waals surface area contributed by atoms with E-state index in [0.717, 1.165) is 48.5 Å². The summed E-state index contributed by atoms with van der Waals surface area (Å²) in [5.41, 5.74) is -0.0613. The van der Waals surface area contributed by atoms with Gasteiger partial charge in [-0.15, -0.1) is 0 Å². The highest BCUT2D eigenvalue weighted by molar-refractivity contribution is 7.92. The van der Waals surface area contributed by atoms with Gasteiger partial charge in [-0.2, -0.15) is 5.26 Å². The number of hydrogen-bond acceptors (Lipinski definition) is 5. The molecule has 0 bridgehead atoms. The van der Waals surface area contributed by atoms with Crippen LogP contribution in [0, 0.1) is 17.1 Å². The van der Waals surface area contributed by atoms with Crippen LogP contribution in [0.1, 0.15) is 49.6 Å². The van der Waals surface area contributed by atoms with E-state index in [9.17, 15) is 18.1 Å². The lowest BCUT2D eigenvalue weighted by Crippen LogP contribution is -2.26. The Balaban J connectivity index is 1.96. The largest absolute Gasteiger partial charge is 0.422 e. The van der Waals surface area contributed by atoms with Gasteiger partial charge in [0.15, 0.2) is 0 Å². The highest BCUT2D eigenvalue weighted by Crippen LogP contribution is 2.36. The Bertz CT molecular complexity index is 894. The van der Waals surface area contributed by atoms with Crippen LogP contribution in [0.15, 0.2) is 33.6 Å². The van der Waals surface area contributed by atoms with Crippen LogP contribution < -0.4 is 4.31 Å². The summed E-state index contributed by atoms with van der Waals surface area (Å²) in [4.78, 5) is 4.11. The second-order valence-corrected chi connectivity index (χ2v) is 8.05. The monoisotopic (exact) mass is 363 g/mol. The number of hydrogen-bond donors (Lipinski definition) is 0. The summed E-state index contributed by atoms with van der Waals surface area (Å²) in [7, 11) is -2.68. The first-order valence-corrected chi connectivity index (χ1v) is 9.53. The van der Waals surface area contributed by atoms with E-state index >= 15 is 0 Å². The second-order valence-electron chi connectivity index (χ2n) is 6.08. The number of benzene rings is 1. The van der Waals surface area contributed by atoms with Crippen LogP contribution in [0.5, 0.6) is 0 Å². The number of sulfonamides is 1. The lowest BCUT2D eigenvalue weighted by Gasteiger charge is -2.19. The molecule has 0 unspecified atom stereocenters. The molecule has 0 amide bonds. The van der Waals surface area contributed by atoms with Crippen LogP contribution in [-0.4, -0.2) is 20.4 Å². The molecule has 0 radical (unpaired) electrons. The lowest BCUT2D eigenvalue weighted by atomic mass is 9.89. The van der Waals surface area contributed by atoms with Crippen LogP contribution in [0.25, 0.3) is 0 Å². The van der Waals surface area contributed by atoms with Gasteiger partial charge in [-0.25, -0.2) is 22.1 Å². The van der Waals surface area contributed by atoms with E-state index in [4.69, 9.17) is 4.42 Å². The standard InChI is InChI=1S/C17H18FN3O3S/c1-21(25(22,23)14-9-7-13(18)8-10-14)17-15(11-19)20-16(24-17)12-5-3-2-4-6-12/h7-10,12H,2-6H2,1H3. The molecule has 0 aliphatic heterocycles. The molecule has 1 aliphatic carbocycles. The van der Waals surface area contributed by atoms with Gasteiger partial charge >= 0.3 is 0 Å². The normalized spacial score (nSPS) is 15.7. The number of anilines is 1. The molecule has 0 N–H and O–H groups in total. The zero-order chi connectivity index (χ0) is 18.0. The SMILES string of the molecule is CN(c1oc(C2CCCCC2)nc1C#N)S(=O)(=O)c1ccc(F)cc1. The molecule has 1 saturated carbocycles. The summed E-state index contributed by atoms with van der Waals surface area (Å²) >= 11 is 0. The molecule has 0 spiro atoms. The van der Waals surface area contributed by atoms with Crippen molar-refractivity contribution in [2.75, 3.05) is 11.4 Å². The molecular weight excluding hydrogens is 345 g/mol. The average molecular weight is 363 g/mol. The van der Waals surface area contributed by atoms with Crippen molar-refractivity contribution in [1.82, 2.24) is 4.98 Å². The predicted octanol–water partition coefficient (Wildman–Crippen LogP) is 3.56. The molecule has 132 valence electrons. The first-order valence-electron chi connectivity index (χ1n) is 8.09. The van der Waals surface area contributed by atoms with Crippen molar-refractivity contribution in [2.45, 2.75) is 42.9 Å². The Hall–Kier alpha value is -2.40. The topological polar surface area (TPSA) is 87.2 Å². The Morgan fingerprint density at radius 3 is 2.48 bits per heavy atom. The number of aromatic nitrogens is 1. The molecule has 1 fully saturated rings. The van der Waals surface area contributed by atoms with Gasteiger partial charge in [-0.3, -0.25) is 0 Å². The number of oxazole rings is 1. The van der Waals surface area contributed by atoms with Crippen molar-refractivity contribution >= 4 is 15.9 Å². The van der Waals surface area contributed by atoms with Crippen LogP contribution in [0.4, 0.5) is 10.3 Å². The molecule has 6 nitrogen and oxygen atoms in total. The zero-order valence-corrected chi connectivity index (χ0v) is 14.6. The van der Waals surface area contributed by atoms with E-state index in [0.29, 0.717) is 5.89 Å². The van der Waals surface area contributed by atoms with Crippen molar-refractivity contribution in [3.63, 3.8) is 0 Å². The van der Waals surface area contributed by atoms with Crippen molar-refractivity contribution < 1.29 is 17.2 Å². The number of rotatable bonds is 4. The van der Waals surface area contributed by atoms with Crippen LogP contribution in [-0.2, 0) is 10.0 Å². The third-order valence-electron chi connectivity index (χ3n) is 4.44. The fraction of sp³-hybridized carbons (Fsp3) is 0.412. The van der Waals surface area contributed by atoms with Gasteiger partial charge < -0.3 is 4.42 Å². The summed E-state index contributed by atoms with van der Waals surface area (Å²) in [6, 6.07) is 6.38. The molecule has 0 atom stereocenters. The number of halogens is 1. The summed E-state index contributed by atoms with van der Waals surface area (Å²) < 4.78 is 45.0. The molecule has 2 aromatic rings. The summed E-state index contributed by atoms with van der Waals surface area (Å²) in [5, 5.41) is 9.31. The van der Waals surface area contributed by atoms with Gasteiger partial charge in [0.1, 0.15) is 11.9 Å². The highest BCUT2D eigenvalue weighted by Gasteiger charge is 2.30. The highest BCUT2D eigenvalue weighted by atomic mass is 32.2. The third-order valence-corrected chi connectivity index (χ3v) is 6.20. The Kier molecular flexibility index (Phi) is 4.77. The maximum absolute atomic E-state index is 13.0. The minimum Gasteiger partial charge on any atom is -0.422 e. The molecule has 1 aliphatic rings. The minimum absolute atomic E-state index is 0.0613. The molecule has 3 rings (SSSR count). The Labute approximate surface area is 145 Å². The number of nitriles is 1. The molecule has 1 aromatic heterocycles. The van der Waals surface area contributed by atoms with Gasteiger partial charge in [-0.1, -0.05) is 19.3 Å². The molecule has 0 saturated heterocycles. The van der Waals surface area contributed by atoms with Gasteiger partial charge in [0, 0.05) is 13.0 Å². The first kappa shape index (κ1) is 17.4. The fourth-order valence-electron chi connectivity index (χ4n) is 3.01. The van der Waals surface area contributed by atoms with Crippen molar-refractivity contribution in [1.29, 1.82) is 5.26 Å². The third kappa shape index (κ3) is 3.37. The lowest BCUT2D eigenvalue weighted by molar-refractivity contribution is 0.366. The van der Waals surface area contributed by atoms with Gasteiger partial charge in [-0.05, 0) is 37.1 Å². The molecular formula is C17H18FN3O3S. The van der Waals surface area contributed by atoms with E-state index in [2.05, 4.69) is 4.98 Å². The number of nitrogens with zero attached hydrogens (tertiary/aromatic N) is 3. The summed E-state index contributed by atoms with van der Waals surface area (Å²) in [6.45, 7) is 0. The van der Waals surface area contributed by atoms with Gasteiger partial charge in [0.25, 0.3) is 10.0 Å².